The lowest BCUT2D eigenvalue weighted by Gasteiger charge is -2.26. The molecule has 0 radical (unpaired) electrons. The average Bonchev–Trinajstić information content (AvgIpc) is 2.88. The number of aliphatic hydroxyl groups is 2. The van der Waals surface area contributed by atoms with Gasteiger partial charge in [-0.05, 0) is 38.5 Å². The summed E-state index contributed by atoms with van der Waals surface area (Å²) in [5, 5.41) is 56.4. The fraction of sp³-hybridized carbons (Fsp3) is 0.708. The van der Waals surface area contributed by atoms with Gasteiger partial charge in [0.1, 0.15) is 18.1 Å². The molecule has 0 saturated heterocycles. The van der Waals surface area contributed by atoms with Gasteiger partial charge in [-0.2, -0.15) is 0 Å². The maximum Gasteiger partial charge on any atom is 0.328 e. The average molecular weight is 605 g/mol. The predicted octanol–water partition coefficient (Wildman–Crippen LogP) is -4.12. The first-order valence-electron chi connectivity index (χ1n) is 13.3. The zero-order valence-corrected chi connectivity index (χ0v) is 23.9. The molecule has 0 aliphatic rings. The van der Waals surface area contributed by atoms with Gasteiger partial charge in [0.2, 0.25) is 23.6 Å². The summed E-state index contributed by atoms with van der Waals surface area (Å²) < 4.78 is 0. The molecule has 0 heterocycles. The number of guanidine groups is 1. The molecule has 0 fully saturated rings. The Bertz CT molecular complexity index is 962. The first kappa shape index (κ1) is 38.0. The molecule has 0 aromatic rings. The molecule has 4 amide bonds. The largest absolute Gasteiger partial charge is 0.481 e. The number of hydrogen-bond acceptors (Lipinski definition) is 10. The smallest absolute Gasteiger partial charge is 0.328 e. The van der Waals surface area contributed by atoms with E-state index in [9.17, 15) is 44.1 Å². The quantitative estimate of drug-likeness (QED) is 0.0357. The number of nitrogens with two attached hydrogens (primary N) is 2. The Hall–Kier alpha value is -4.03. The normalized spacial score (nSPS) is 15.2. The van der Waals surface area contributed by atoms with Gasteiger partial charge in [-0.1, -0.05) is 13.8 Å². The van der Waals surface area contributed by atoms with E-state index in [2.05, 4.69) is 26.6 Å². The van der Waals surface area contributed by atoms with E-state index in [1.165, 1.54) is 0 Å². The summed E-state index contributed by atoms with van der Waals surface area (Å²) in [5.74, 6) is -6.92. The lowest BCUT2D eigenvalue weighted by Crippen LogP contribution is -2.59. The van der Waals surface area contributed by atoms with Crippen LogP contribution in [0.1, 0.15) is 52.9 Å². The number of carboxylic acids is 2. The molecule has 0 rings (SSSR count). The van der Waals surface area contributed by atoms with Gasteiger partial charge in [0.05, 0.1) is 18.8 Å². The number of aliphatic carboxylic acids is 2. The van der Waals surface area contributed by atoms with Gasteiger partial charge in [-0.15, -0.1) is 0 Å². The van der Waals surface area contributed by atoms with E-state index in [1.807, 2.05) is 13.8 Å². The summed E-state index contributed by atoms with van der Waals surface area (Å²) in [6.07, 6.45) is -2.21. The van der Waals surface area contributed by atoms with Crippen LogP contribution in [0.2, 0.25) is 0 Å². The van der Waals surface area contributed by atoms with Crippen LogP contribution in [0.15, 0.2) is 0 Å². The number of amides is 4. The SMILES string of the molecule is CC(C)C[C@H](N)C(=O)N[C@@H](CO)C(=O)N[C@@H](CCC(=O)O)C(=O)N[C@@H](CCCNC(=N)N)C(=O)N[C@H](C(=O)O)[C@@H](C)O. The van der Waals surface area contributed by atoms with Crippen LogP contribution < -0.4 is 38.1 Å². The van der Waals surface area contributed by atoms with Crippen LogP contribution in [0.25, 0.3) is 0 Å². The highest BCUT2D eigenvalue weighted by Gasteiger charge is 2.33. The van der Waals surface area contributed by atoms with E-state index >= 15 is 0 Å². The summed E-state index contributed by atoms with van der Waals surface area (Å²) in [6, 6.07) is -7.20. The van der Waals surface area contributed by atoms with E-state index in [1.54, 1.807) is 0 Å². The molecular formula is C24H44N8O10. The molecule has 0 bridgehead atoms. The molecule has 0 unspecified atom stereocenters. The maximum atomic E-state index is 13.2. The number of hydrogen-bond donors (Lipinski definition) is 12. The van der Waals surface area contributed by atoms with Crippen LogP contribution in [-0.2, 0) is 28.8 Å². The van der Waals surface area contributed by atoms with E-state index in [-0.39, 0.29) is 31.3 Å². The molecule has 240 valence electrons. The van der Waals surface area contributed by atoms with Crippen molar-refractivity contribution in [3.63, 3.8) is 0 Å². The second-order valence-corrected chi connectivity index (χ2v) is 10.1. The molecular weight excluding hydrogens is 560 g/mol. The number of nitrogens with one attached hydrogen (secondary N) is 6. The molecule has 18 nitrogen and oxygen atoms in total. The molecule has 0 saturated carbocycles. The van der Waals surface area contributed by atoms with Crippen molar-refractivity contribution in [3.05, 3.63) is 0 Å². The van der Waals surface area contributed by atoms with Crippen molar-refractivity contribution in [2.45, 2.75) is 89.2 Å². The van der Waals surface area contributed by atoms with Gasteiger partial charge >= 0.3 is 11.9 Å². The number of carbonyl (C=O) groups is 6. The molecule has 0 aromatic carbocycles. The number of carbonyl (C=O) groups excluding carboxylic acids is 4. The van der Waals surface area contributed by atoms with Crippen molar-refractivity contribution in [1.29, 1.82) is 5.41 Å². The summed E-state index contributed by atoms with van der Waals surface area (Å²) >= 11 is 0. The van der Waals surface area contributed by atoms with Gasteiger partial charge in [-0.25, -0.2) is 4.79 Å². The first-order valence-corrected chi connectivity index (χ1v) is 13.3. The van der Waals surface area contributed by atoms with Crippen molar-refractivity contribution in [2.75, 3.05) is 13.2 Å². The summed E-state index contributed by atoms with van der Waals surface area (Å²) in [5.41, 5.74) is 11.0. The van der Waals surface area contributed by atoms with Crippen LogP contribution in [0.5, 0.6) is 0 Å². The van der Waals surface area contributed by atoms with Gasteiger partial charge < -0.3 is 58.5 Å². The lowest BCUT2D eigenvalue weighted by molar-refractivity contribution is -0.145. The van der Waals surface area contributed by atoms with Crippen molar-refractivity contribution in [3.8, 4) is 0 Å². The number of rotatable bonds is 20. The first-order chi connectivity index (χ1) is 19.5. The number of carboxylic acid groups (broad SMARTS) is 2. The summed E-state index contributed by atoms with van der Waals surface area (Å²) in [7, 11) is 0. The zero-order valence-electron chi connectivity index (χ0n) is 23.9. The van der Waals surface area contributed by atoms with Crippen LogP contribution in [-0.4, -0.2) is 111 Å². The minimum absolute atomic E-state index is 0.0611. The molecule has 0 aromatic heterocycles. The summed E-state index contributed by atoms with van der Waals surface area (Å²) in [6.45, 7) is 4.02. The monoisotopic (exact) mass is 604 g/mol. The maximum absolute atomic E-state index is 13.2. The molecule has 0 aliphatic carbocycles. The Labute approximate surface area is 242 Å². The Morgan fingerprint density at radius 2 is 1.31 bits per heavy atom. The van der Waals surface area contributed by atoms with E-state index < -0.39 is 91.3 Å². The molecule has 6 atom stereocenters. The fourth-order valence-electron chi connectivity index (χ4n) is 3.61. The Morgan fingerprint density at radius 1 is 0.810 bits per heavy atom. The van der Waals surface area contributed by atoms with E-state index in [4.69, 9.17) is 22.0 Å². The molecule has 0 spiro atoms. The van der Waals surface area contributed by atoms with Gasteiger partial charge in [0.15, 0.2) is 12.0 Å². The third-order valence-corrected chi connectivity index (χ3v) is 5.82. The molecule has 42 heavy (non-hydrogen) atoms. The van der Waals surface area contributed by atoms with Crippen molar-refractivity contribution in [2.24, 2.45) is 17.4 Å². The Balaban J connectivity index is 5.83. The van der Waals surface area contributed by atoms with Crippen molar-refractivity contribution < 1.29 is 49.2 Å². The third kappa shape index (κ3) is 15.1. The minimum Gasteiger partial charge on any atom is -0.481 e. The topological polar surface area (TPSA) is 319 Å². The summed E-state index contributed by atoms with van der Waals surface area (Å²) in [4.78, 5) is 73.8. The van der Waals surface area contributed by atoms with Crippen molar-refractivity contribution >= 4 is 41.5 Å². The third-order valence-electron chi connectivity index (χ3n) is 5.82. The van der Waals surface area contributed by atoms with Crippen LogP contribution >= 0.6 is 0 Å². The highest BCUT2D eigenvalue weighted by Crippen LogP contribution is 2.06. The highest BCUT2D eigenvalue weighted by atomic mass is 16.4. The highest BCUT2D eigenvalue weighted by molar-refractivity contribution is 5.95. The standard InChI is InChI=1S/C24H44N8O10/c1-11(2)9-13(25)19(37)31-16(10-33)22(40)30-15(6-7-17(35)36)20(38)29-14(5-4-8-28-24(26)27)21(39)32-18(12(3)34)23(41)42/h11-16,18,33-34H,4-10,25H2,1-3H3,(H,29,38)(H,30,40)(H,31,37)(H,32,39)(H,35,36)(H,41,42)(H4,26,27,28)/t12-,13+,14+,15+,16+,18+/m1/s1. The van der Waals surface area contributed by atoms with E-state index in [0.717, 1.165) is 6.92 Å². The molecule has 0 aliphatic heterocycles. The second kappa shape index (κ2) is 19.2. The lowest BCUT2D eigenvalue weighted by atomic mass is 10.0. The number of aliphatic hydroxyl groups excluding tert-OH is 2. The van der Waals surface area contributed by atoms with Gasteiger partial charge in [0.25, 0.3) is 0 Å². The van der Waals surface area contributed by atoms with Crippen molar-refractivity contribution in [1.82, 2.24) is 26.6 Å². The predicted molar refractivity (Wildman–Crippen MR) is 148 cm³/mol. The van der Waals surface area contributed by atoms with E-state index in [0.29, 0.717) is 6.42 Å². The Kier molecular flexibility index (Phi) is 17.3. The Morgan fingerprint density at radius 3 is 1.76 bits per heavy atom. The zero-order chi connectivity index (χ0) is 32.6. The second-order valence-electron chi connectivity index (χ2n) is 10.1. The van der Waals surface area contributed by atoms with Crippen LogP contribution in [0.3, 0.4) is 0 Å². The fourth-order valence-corrected chi connectivity index (χ4v) is 3.61. The van der Waals surface area contributed by atoms with Gasteiger partial charge in [-0.3, -0.25) is 29.4 Å². The minimum atomic E-state index is -1.72. The van der Waals surface area contributed by atoms with Gasteiger partial charge in [0, 0.05) is 13.0 Å². The van der Waals surface area contributed by atoms with Crippen LogP contribution in [0, 0.1) is 11.3 Å². The van der Waals surface area contributed by atoms with Crippen LogP contribution in [0.4, 0.5) is 0 Å². The molecule has 18 heteroatoms. The molecule has 14 N–H and O–H groups in total.